The molecule has 1 saturated heterocycles. The number of nitrogens with one attached hydrogen (secondary N) is 1. The van der Waals surface area contributed by atoms with Crippen molar-refractivity contribution < 1.29 is 18.7 Å². The van der Waals surface area contributed by atoms with Gasteiger partial charge in [-0.05, 0) is 23.6 Å². The maximum Gasteiger partial charge on any atom is 0.224 e. The molecule has 2 amide bonds. The number of carbonyl (C=O) groups is 2. The van der Waals surface area contributed by atoms with E-state index in [1.54, 1.807) is 23.3 Å². The predicted octanol–water partition coefficient (Wildman–Crippen LogP) is 2.30. The van der Waals surface area contributed by atoms with Crippen LogP contribution in [-0.2, 0) is 20.7 Å². The van der Waals surface area contributed by atoms with E-state index in [4.69, 9.17) is 9.15 Å². The lowest BCUT2D eigenvalue weighted by Gasteiger charge is -2.16. The Labute approximate surface area is 150 Å². The van der Waals surface area contributed by atoms with Gasteiger partial charge in [-0.3, -0.25) is 9.59 Å². The molecule has 25 heavy (non-hydrogen) atoms. The van der Waals surface area contributed by atoms with Crippen LogP contribution in [0.2, 0.25) is 0 Å². The fourth-order valence-electron chi connectivity index (χ4n) is 2.89. The summed E-state index contributed by atoms with van der Waals surface area (Å²) >= 11 is 1.62. The molecule has 0 saturated carbocycles. The highest BCUT2D eigenvalue weighted by atomic mass is 32.1. The third-order valence-electron chi connectivity index (χ3n) is 4.17. The summed E-state index contributed by atoms with van der Waals surface area (Å²) in [6.07, 6.45) is 1.25. The van der Waals surface area contributed by atoms with E-state index in [2.05, 4.69) is 5.32 Å². The topological polar surface area (TPSA) is 71.8 Å². The molecule has 1 atom stereocenters. The zero-order chi connectivity index (χ0) is 17.6. The fraction of sp³-hybridized carbons (Fsp3) is 0.444. The second kappa shape index (κ2) is 8.31. The molecule has 1 aliphatic rings. The van der Waals surface area contributed by atoms with Crippen LogP contribution in [0.4, 0.5) is 0 Å². The lowest BCUT2D eigenvalue weighted by Crippen LogP contribution is -2.37. The highest BCUT2D eigenvalue weighted by Crippen LogP contribution is 2.26. The average Bonchev–Trinajstić information content (AvgIpc) is 3.32. The molecule has 2 aromatic rings. The number of ether oxygens (including phenoxy) is 1. The first-order chi connectivity index (χ1) is 12.2. The molecule has 1 aliphatic heterocycles. The van der Waals surface area contributed by atoms with Crippen LogP contribution in [0.1, 0.15) is 18.6 Å². The molecular formula is C18H22N2O4S. The van der Waals surface area contributed by atoms with Crippen molar-refractivity contribution in [3.8, 4) is 10.6 Å². The van der Waals surface area contributed by atoms with Gasteiger partial charge in [-0.1, -0.05) is 6.07 Å². The second-order valence-electron chi connectivity index (χ2n) is 6.04. The molecule has 7 heteroatoms. The lowest BCUT2D eigenvalue weighted by atomic mass is 10.2. The van der Waals surface area contributed by atoms with E-state index in [0.717, 1.165) is 16.4 Å². The van der Waals surface area contributed by atoms with E-state index in [1.807, 2.05) is 29.6 Å². The molecule has 0 spiro atoms. The molecule has 3 heterocycles. The molecule has 0 radical (unpaired) electrons. The number of aryl methyl sites for hydroxylation is 1. The Bertz CT molecular complexity index is 710. The molecule has 6 nitrogen and oxygen atoms in total. The molecular weight excluding hydrogens is 340 g/mol. The van der Waals surface area contributed by atoms with Gasteiger partial charge in [0, 0.05) is 39.5 Å². The molecule has 134 valence electrons. The largest absolute Gasteiger partial charge is 0.460 e. The summed E-state index contributed by atoms with van der Waals surface area (Å²) in [6, 6.07) is 7.71. The third-order valence-corrected chi connectivity index (χ3v) is 5.05. The van der Waals surface area contributed by atoms with Crippen LogP contribution in [0, 0.1) is 0 Å². The number of furan rings is 1. The summed E-state index contributed by atoms with van der Waals surface area (Å²) < 4.78 is 10.8. The van der Waals surface area contributed by atoms with Crippen molar-refractivity contribution in [3.05, 3.63) is 35.4 Å². The average molecular weight is 362 g/mol. The van der Waals surface area contributed by atoms with Crippen molar-refractivity contribution in [2.75, 3.05) is 26.8 Å². The number of hydrogen-bond donors (Lipinski definition) is 1. The Morgan fingerprint density at radius 2 is 2.32 bits per heavy atom. The molecule has 1 N–H and O–H groups in total. The van der Waals surface area contributed by atoms with Gasteiger partial charge in [0.2, 0.25) is 11.8 Å². The monoisotopic (exact) mass is 362 g/mol. The van der Waals surface area contributed by atoms with Crippen LogP contribution in [0.15, 0.2) is 34.1 Å². The quantitative estimate of drug-likeness (QED) is 0.782. The lowest BCUT2D eigenvalue weighted by molar-refractivity contribution is -0.128. The SMILES string of the molecule is COCCN1CC(NC(=O)CCc2ccc(-c3cccs3)o2)CC1=O. The van der Waals surface area contributed by atoms with Crippen LogP contribution in [0.25, 0.3) is 10.6 Å². The molecule has 2 aromatic heterocycles. The predicted molar refractivity (Wildman–Crippen MR) is 95.3 cm³/mol. The summed E-state index contributed by atoms with van der Waals surface area (Å²) in [6.45, 7) is 1.63. The number of methoxy groups -OCH3 is 1. The summed E-state index contributed by atoms with van der Waals surface area (Å²) in [5, 5.41) is 4.94. The van der Waals surface area contributed by atoms with Gasteiger partial charge in [0.15, 0.2) is 0 Å². The Kier molecular flexibility index (Phi) is 5.88. The first kappa shape index (κ1) is 17.7. The summed E-state index contributed by atoms with van der Waals surface area (Å²) in [4.78, 5) is 26.8. The number of hydrogen-bond acceptors (Lipinski definition) is 5. The van der Waals surface area contributed by atoms with E-state index in [0.29, 0.717) is 39.0 Å². The third kappa shape index (κ3) is 4.70. The fourth-order valence-corrected chi connectivity index (χ4v) is 3.57. The van der Waals surface area contributed by atoms with Gasteiger partial charge in [0.1, 0.15) is 11.5 Å². The Morgan fingerprint density at radius 3 is 3.08 bits per heavy atom. The number of nitrogens with zero attached hydrogens (tertiary/aromatic N) is 1. The summed E-state index contributed by atoms with van der Waals surface area (Å²) in [5.41, 5.74) is 0. The highest BCUT2D eigenvalue weighted by Gasteiger charge is 2.30. The summed E-state index contributed by atoms with van der Waals surface area (Å²) in [5.74, 6) is 1.64. The zero-order valence-electron chi connectivity index (χ0n) is 14.2. The van der Waals surface area contributed by atoms with Gasteiger partial charge in [-0.15, -0.1) is 11.3 Å². The van der Waals surface area contributed by atoms with Crippen molar-refractivity contribution in [1.82, 2.24) is 10.2 Å². The van der Waals surface area contributed by atoms with Crippen LogP contribution in [0.5, 0.6) is 0 Å². The molecule has 1 fully saturated rings. The summed E-state index contributed by atoms with van der Waals surface area (Å²) in [7, 11) is 1.61. The van der Waals surface area contributed by atoms with Crippen molar-refractivity contribution in [1.29, 1.82) is 0 Å². The molecule has 0 bridgehead atoms. The number of thiophene rings is 1. The van der Waals surface area contributed by atoms with Crippen LogP contribution < -0.4 is 5.32 Å². The minimum atomic E-state index is -0.116. The van der Waals surface area contributed by atoms with Gasteiger partial charge in [-0.25, -0.2) is 0 Å². The van der Waals surface area contributed by atoms with Gasteiger partial charge < -0.3 is 19.4 Å². The van der Waals surface area contributed by atoms with E-state index in [9.17, 15) is 9.59 Å². The van der Waals surface area contributed by atoms with Gasteiger partial charge in [-0.2, -0.15) is 0 Å². The van der Waals surface area contributed by atoms with E-state index >= 15 is 0 Å². The maximum atomic E-state index is 12.1. The van der Waals surface area contributed by atoms with Crippen LogP contribution in [0.3, 0.4) is 0 Å². The van der Waals surface area contributed by atoms with Crippen molar-refractivity contribution in [2.45, 2.75) is 25.3 Å². The van der Waals surface area contributed by atoms with Gasteiger partial charge in [0.05, 0.1) is 17.5 Å². The Balaban J connectivity index is 1.43. The van der Waals surface area contributed by atoms with Crippen molar-refractivity contribution >= 4 is 23.2 Å². The van der Waals surface area contributed by atoms with Gasteiger partial charge in [0.25, 0.3) is 0 Å². The van der Waals surface area contributed by atoms with E-state index < -0.39 is 0 Å². The Hall–Kier alpha value is -2.12. The number of likely N-dealkylation sites (tertiary alicyclic amines) is 1. The van der Waals surface area contributed by atoms with Crippen molar-refractivity contribution in [2.24, 2.45) is 0 Å². The second-order valence-corrected chi connectivity index (χ2v) is 6.99. The number of carbonyl (C=O) groups excluding carboxylic acids is 2. The smallest absolute Gasteiger partial charge is 0.224 e. The zero-order valence-corrected chi connectivity index (χ0v) is 15.0. The Morgan fingerprint density at radius 1 is 1.44 bits per heavy atom. The van der Waals surface area contributed by atoms with E-state index in [1.165, 1.54) is 0 Å². The van der Waals surface area contributed by atoms with Gasteiger partial charge >= 0.3 is 0 Å². The van der Waals surface area contributed by atoms with E-state index in [-0.39, 0.29) is 17.9 Å². The number of amides is 2. The molecule has 0 aliphatic carbocycles. The first-order valence-corrected chi connectivity index (χ1v) is 9.22. The highest BCUT2D eigenvalue weighted by molar-refractivity contribution is 7.13. The van der Waals surface area contributed by atoms with Crippen LogP contribution >= 0.6 is 11.3 Å². The minimum absolute atomic E-state index is 0.0551. The number of rotatable bonds is 8. The maximum absolute atomic E-state index is 12.1. The molecule has 3 rings (SSSR count). The van der Waals surface area contributed by atoms with Crippen molar-refractivity contribution in [3.63, 3.8) is 0 Å². The standard InChI is InChI=1S/C18H22N2O4S/c1-23-9-8-20-12-13(11-18(20)22)19-17(21)7-5-14-4-6-15(24-14)16-3-2-10-25-16/h2-4,6,10,13H,5,7-9,11-12H2,1H3,(H,19,21). The minimum Gasteiger partial charge on any atom is -0.460 e. The first-order valence-electron chi connectivity index (χ1n) is 8.34. The van der Waals surface area contributed by atoms with Crippen LogP contribution in [-0.4, -0.2) is 49.6 Å². The normalized spacial score (nSPS) is 17.2. The molecule has 0 aromatic carbocycles. The molecule has 1 unspecified atom stereocenters.